The minimum Gasteiger partial charge on any atom is -0.465 e. The van der Waals surface area contributed by atoms with E-state index in [1.165, 1.54) is 0 Å². The van der Waals surface area contributed by atoms with Crippen LogP contribution in [0.15, 0.2) is 23.2 Å². The van der Waals surface area contributed by atoms with Crippen LogP contribution in [0, 0.1) is 0 Å². The summed E-state index contributed by atoms with van der Waals surface area (Å²) in [5, 5.41) is 23.7. The Morgan fingerprint density at radius 3 is 2.21 bits per heavy atom. The molecule has 0 spiro atoms. The Labute approximate surface area is 169 Å². The fourth-order valence-corrected chi connectivity index (χ4v) is 2.39. The zero-order valence-electron chi connectivity index (χ0n) is 17.3. The largest absolute Gasteiger partial charge is 0.465 e. The van der Waals surface area contributed by atoms with Crippen molar-refractivity contribution in [3.05, 3.63) is 29.3 Å². The minimum atomic E-state index is -1.56. The molecule has 4 N–H and O–H groups in total. The number of amides is 3. The highest BCUT2D eigenvalue weighted by molar-refractivity contribution is 6.02. The molecule has 0 heterocycles. The Bertz CT molecular complexity index is 771. The molecule has 160 valence electrons. The number of anilines is 1. The zero-order valence-corrected chi connectivity index (χ0v) is 17.3. The van der Waals surface area contributed by atoms with Gasteiger partial charge in [-0.25, -0.2) is 19.3 Å². The quantitative estimate of drug-likeness (QED) is 0.430. The zero-order chi connectivity index (χ0) is 22.2. The Morgan fingerprint density at radius 2 is 1.72 bits per heavy atom. The lowest BCUT2D eigenvalue weighted by Gasteiger charge is -2.21. The van der Waals surface area contributed by atoms with Crippen molar-refractivity contribution < 1.29 is 29.3 Å². The number of carboxylic acid groups (broad SMARTS) is 2. The van der Waals surface area contributed by atoms with Gasteiger partial charge in [-0.2, -0.15) is 0 Å². The first-order valence-electron chi connectivity index (χ1n) is 9.13. The van der Waals surface area contributed by atoms with Crippen molar-refractivity contribution in [2.75, 3.05) is 11.9 Å². The van der Waals surface area contributed by atoms with Crippen molar-refractivity contribution in [2.45, 2.75) is 53.2 Å². The van der Waals surface area contributed by atoms with E-state index in [0.29, 0.717) is 29.1 Å². The van der Waals surface area contributed by atoms with Gasteiger partial charge in [-0.1, -0.05) is 13.0 Å². The summed E-state index contributed by atoms with van der Waals surface area (Å²) >= 11 is 0. The summed E-state index contributed by atoms with van der Waals surface area (Å²) in [7, 11) is 0. The van der Waals surface area contributed by atoms with E-state index in [-0.39, 0.29) is 12.5 Å². The van der Waals surface area contributed by atoms with E-state index in [1.807, 2.05) is 6.92 Å². The molecule has 10 nitrogen and oxygen atoms in total. The van der Waals surface area contributed by atoms with Crippen molar-refractivity contribution >= 4 is 29.9 Å². The fraction of sp³-hybridized carbons (Fsp3) is 0.474. The standard InChI is InChI=1S/C19H28N4O6/c1-6-12-8-9-14(10-13(12)11-23(17(25)26)18(27)28)21-15(20-7-2)22-16(24)29-19(3,4)5/h8-10H,6-7,11H2,1-5H3,(H,25,26)(H,27,28)(H2,20,21,22,24). The van der Waals surface area contributed by atoms with Crippen LogP contribution in [0.5, 0.6) is 0 Å². The number of guanidine groups is 1. The van der Waals surface area contributed by atoms with Crippen LogP contribution in [-0.4, -0.2) is 51.5 Å². The number of hydrogen-bond acceptors (Lipinski definition) is 5. The number of hydrogen-bond donors (Lipinski definition) is 4. The molecule has 3 amide bonds. The number of imide groups is 1. The van der Waals surface area contributed by atoms with E-state index in [0.717, 1.165) is 5.56 Å². The second kappa shape index (κ2) is 10.3. The second-order valence-corrected chi connectivity index (χ2v) is 7.06. The summed E-state index contributed by atoms with van der Waals surface area (Å²) in [6, 6.07) is 5.12. The molecule has 0 aliphatic carbocycles. The number of benzene rings is 1. The van der Waals surface area contributed by atoms with Gasteiger partial charge in [0.15, 0.2) is 0 Å². The lowest BCUT2D eigenvalue weighted by atomic mass is 10.0. The van der Waals surface area contributed by atoms with Crippen LogP contribution in [0.2, 0.25) is 0 Å². The van der Waals surface area contributed by atoms with E-state index in [4.69, 9.17) is 14.9 Å². The molecule has 0 fully saturated rings. The molecule has 0 radical (unpaired) electrons. The highest BCUT2D eigenvalue weighted by atomic mass is 16.6. The number of nitrogens with one attached hydrogen (secondary N) is 2. The molecule has 0 atom stereocenters. The molecule has 0 aliphatic rings. The highest BCUT2D eigenvalue weighted by Gasteiger charge is 2.22. The molecule has 0 bridgehead atoms. The van der Waals surface area contributed by atoms with Crippen molar-refractivity contribution in [3.8, 4) is 0 Å². The molecule has 0 saturated carbocycles. The number of aliphatic imine (C=N–C) groups is 1. The number of aryl methyl sites for hydroxylation is 1. The summed E-state index contributed by atoms with van der Waals surface area (Å²) < 4.78 is 5.21. The molecule has 10 heteroatoms. The number of nitrogens with zero attached hydrogens (tertiary/aromatic N) is 2. The van der Waals surface area contributed by atoms with Crippen molar-refractivity contribution in [1.82, 2.24) is 10.2 Å². The lowest BCUT2D eigenvalue weighted by molar-refractivity contribution is 0.0562. The Morgan fingerprint density at radius 1 is 1.10 bits per heavy atom. The maximum absolute atomic E-state index is 12.0. The lowest BCUT2D eigenvalue weighted by Crippen LogP contribution is -2.40. The fourth-order valence-electron chi connectivity index (χ4n) is 2.39. The van der Waals surface area contributed by atoms with Crippen LogP contribution >= 0.6 is 0 Å². The number of rotatable bonds is 5. The van der Waals surface area contributed by atoms with E-state index in [2.05, 4.69) is 15.6 Å². The summed E-state index contributed by atoms with van der Waals surface area (Å²) in [6.45, 7) is 8.97. The van der Waals surface area contributed by atoms with E-state index in [9.17, 15) is 14.4 Å². The van der Waals surface area contributed by atoms with Gasteiger partial charge < -0.3 is 20.3 Å². The molecule has 29 heavy (non-hydrogen) atoms. The third-order valence-electron chi connectivity index (χ3n) is 3.58. The van der Waals surface area contributed by atoms with Crippen molar-refractivity contribution in [3.63, 3.8) is 0 Å². The number of carbonyl (C=O) groups is 3. The first kappa shape index (κ1) is 23.7. The highest BCUT2D eigenvalue weighted by Crippen LogP contribution is 2.19. The monoisotopic (exact) mass is 408 g/mol. The smallest absolute Gasteiger partial charge is 0.417 e. The minimum absolute atomic E-state index is 0.158. The van der Waals surface area contributed by atoms with Crippen LogP contribution in [0.4, 0.5) is 20.1 Å². The summed E-state index contributed by atoms with van der Waals surface area (Å²) in [4.78, 5) is 38.8. The van der Waals surface area contributed by atoms with E-state index < -0.39 is 23.9 Å². The molecule has 0 aromatic heterocycles. The van der Waals surface area contributed by atoms with Gasteiger partial charge in [0.2, 0.25) is 5.96 Å². The molecule has 0 unspecified atom stereocenters. The summed E-state index contributed by atoms with van der Waals surface area (Å²) in [5.74, 6) is 0.158. The first-order valence-corrected chi connectivity index (χ1v) is 9.13. The molecular weight excluding hydrogens is 380 g/mol. The molecule has 1 aromatic rings. The van der Waals surface area contributed by atoms with Crippen LogP contribution in [0.3, 0.4) is 0 Å². The van der Waals surface area contributed by atoms with E-state index in [1.54, 1.807) is 45.9 Å². The van der Waals surface area contributed by atoms with E-state index >= 15 is 0 Å². The molecular formula is C19H28N4O6. The Kier molecular flexibility index (Phi) is 8.43. The normalized spacial score (nSPS) is 11.6. The third kappa shape index (κ3) is 8.08. The van der Waals surface area contributed by atoms with Crippen LogP contribution < -0.4 is 10.6 Å². The summed E-state index contributed by atoms with van der Waals surface area (Å²) in [5.41, 5.74) is 1.16. The maximum Gasteiger partial charge on any atom is 0.417 e. The van der Waals surface area contributed by atoms with Gasteiger partial charge in [0.25, 0.3) is 0 Å². The molecule has 1 aromatic carbocycles. The Balaban J connectivity index is 3.07. The van der Waals surface area contributed by atoms with Gasteiger partial charge in [-0.15, -0.1) is 0 Å². The predicted molar refractivity (Wildman–Crippen MR) is 108 cm³/mol. The van der Waals surface area contributed by atoms with Gasteiger partial charge in [0.05, 0.1) is 6.54 Å². The van der Waals surface area contributed by atoms with Crippen LogP contribution in [0.1, 0.15) is 45.7 Å². The number of carbonyl (C=O) groups excluding carboxylic acids is 1. The molecule has 0 aliphatic heterocycles. The van der Waals surface area contributed by atoms with Crippen molar-refractivity contribution in [2.24, 2.45) is 4.99 Å². The van der Waals surface area contributed by atoms with Crippen LogP contribution in [-0.2, 0) is 17.7 Å². The average molecular weight is 408 g/mol. The van der Waals surface area contributed by atoms with Gasteiger partial charge >= 0.3 is 18.3 Å². The Hall–Kier alpha value is -3.30. The summed E-state index contributed by atoms with van der Waals surface area (Å²) in [6.07, 6.45) is -3.20. The first-order chi connectivity index (χ1) is 13.5. The maximum atomic E-state index is 12.0. The number of ether oxygens (including phenoxy) is 1. The predicted octanol–water partition coefficient (Wildman–Crippen LogP) is 3.72. The number of alkyl carbamates (subject to hydrolysis) is 1. The third-order valence-corrected chi connectivity index (χ3v) is 3.58. The second-order valence-electron chi connectivity index (χ2n) is 7.06. The van der Waals surface area contributed by atoms with Gasteiger partial charge in [0, 0.05) is 12.2 Å². The van der Waals surface area contributed by atoms with Crippen LogP contribution in [0.25, 0.3) is 0 Å². The topological polar surface area (TPSA) is 141 Å². The SMILES string of the molecule is CCN=C(NC(=O)OC(C)(C)C)Nc1ccc(CC)c(CN(C(=O)O)C(=O)O)c1. The van der Waals surface area contributed by atoms with Gasteiger partial charge in [0.1, 0.15) is 5.60 Å². The van der Waals surface area contributed by atoms with Gasteiger partial charge in [-0.05, 0) is 57.4 Å². The molecule has 0 saturated heterocycles. The average Bonchev–Trinajstić information content (AvgIpc) is 2.57. The van der Waals surface area contributed by atoms with Gasteiger partial charge in [-0.3, -0.25) is 10.3 Å². The van der Waals surface area contributed by atoms with Crippen molar-refractivity contribution in [1.29, 1.82) is 0 Å². The molecule has 1 rings (SSSR count).